The lowest BCUT2D eigenvalue weighted by atomic mass is 9.99. The molecule has 0 bridgehead atoms. The van der Waals surface area contributed by atoms with E-state index in [1.54, 1.807) is 63.8 Å². The number of aryl methyl sites for hydroxylation is 1. The Morgan fingerprint density at radius 2 is 1.90 bits per heavy atom. The second-order valence-corrected chi connectivity index (χ2v) is 7.68. The Hall–Kier alpha value is -3.61. The third-order valence-corrected chi connectivity index (χ3v) is 4.87. The van der Waals surface area contributed by atoms with Crippen molar-refractivity contribution >= 4 is 17.5 Å². The number of carbonyl (C=O) groups excluding carboxylic acids is 2. The summed E-state index contributed by atoms with van der Waals surface area (Å²) in [5.41, 5.74) is 3.12. The molecule has 3 rings (SSSR count). The number of aromatic nitrogens is 2. The van der Waals surface area contributed by atoms with Gasteiger partial charge in [0.2, 0.25) is 5.91 Å². The number of amides is 2. The lowest BCUT2D eigenvalue weighted by molar-refractivity contribution is -0.121. The maximum Gasteiger partial charge on any atom is 0.251 e. The van der Waals surface area contributed by atoms with Crippen molar-refractivity contribution in [3.05, 3.63) is 77.6 Å². The molecule has 0 aliphatic heterocycles. The minimum atomic E-state index is -0.388. The first-order valence-corrected chi connectivity index (χ1v) is 9.98. The van der Waals surface area contributed by atoms with Gasteiger partial charge in [-0.1, -0.05) is 26.0 Å². The Morgan fingerprint density at radius 1 is 1.13 bits per heavy atom. The molecule has 3 aromatic rings. The molecular weight excluding hydrogens is 395 g/mol. The predicted octanol–water partition coefficient (Wildman–Crippen LogP) is 4.14. The number of halogens is 1. The zero-order valence-electron chi connectivity index (χ0n) is 18.0. The highest BCUT2D eigenvalue weighted by Gasteiger charge is 2.19. The summed E-state index contributed by atoms with van der Waals surface area (Å²) in [7, 11) is 1.65. The molecule has 0 aliphatic carbocycles. The monoisotopic (exact) mass is 420 g/mol. The largest absolute Gasteiger partial charge is 0.346 e. The van der Waals surface area contributed by atoms with Crippen molar-refractivity contribution in [1.82, 2.24) is 15.3 Å². The van der Waals surface area contributed by atoms with Crippen molar-refractivity contribution in [2.24, 2.45) is 5.92 Å². The van der Waals surface area contributed by atoms with Gasteiger partial charge in [0.15, 0.2) is 0 Å². The van der Waals surface area contributed by atoms with Gasteiger partial charge in [-0.2, -0.15) is 0 Å². The summed E-state index contributed by atoms with van der Waals surface area (Å²) in [4.78, 5) is 35.0. The van der Waals surface area contributed by atoms with E-state index in [9.17, 15) is 14.0 Å². The number of benzene rings is 2. The third kappa shape index (κ3) is 5.31. The number of nitrogens with zero attached hydrogens (tertiary/aromatic N) is 3. The van der Waals surface area contributed by atoms with Crippen molar-refractivity contribution in [1.29, 1.82) is 0 Å². The molecular formula is C24H25FN4O2. The topological polar surface area (TPSA) is 75.2 Å². The molecule has 31 heavy (non-hydrogen) atoms. The number of anilines is 1. The summed E-state index contributed by atoms with van der Waals surface area (Å²) in [6, 6.07) is 9.89. The fourth-order valence-electron chi connectivity index (χ4n) is 3.15. The predicted molar refractivity (Wildman–Crippen MR) is 118 cm³/mol. The van der Waals surface area contributed by atoms with E-state index in [0.717, 1.165) is 5.56 Å². The molecule has 1 N–H and O–H groups in total. The fraction of sp³-hybridized carbons (Fsp3) is 0.250. The van der Waals surface area contributed by atoms with Gasteiger partial charge in [-0.25, -0.2) is 4.39 Å². The SMILES string of the molecule is Cc1ccc(-c2cc(C(=O)NCc3cnccn3)cc(N(C)C(=O)C(C)C)c2)c(F)c1. The molecule has 1 aromatic heterocycles. The Labute approximate surface area is 181 Å². The van der Waals surface area contributed by atoms with Crippen LogP contribution in [0.2, 0.25) is 0 Å². The Kier molecular flexibility index (Phi) is 6.74. The highest BCUT2D eigenvalue weighted by atomic mass is 19.1. The molecule has 0 aliphatic rings. The molecule has 0 atom stereocenters. The van der Waals surface area contributed by atoms with Crippen LogP contribution in [0, 0.1) is 18.7 Å². The second-order valence-electron chi connectivity index (χ2n) is 7.68. The lowest BCUT2D eigenvalue weighted by Gasteiger charge is -2.21. The molecule has 7 heteroatoms. The number of rotatable bonds is 6. The van der Waals surface area contributed by atoms with Crippen LogP contribution in [0.3, 0.4) is 0 Å². The van der Waals surface area contributed by atoms with Crippen LogP contribution in [0.1, 0.15) is 35.5 Å². The smallest absolute Gasteiger partial charge is 0.251 e. The molecule has 2 aromatic carbocycles. The van der Waals surface area contributed by atoms with Crippen LogP contribution in [0.15, 0.2) is 55.0 Å². The first-order valence-electron chi connectivity index (χ1n) is 9.98. The highest BCUT2D eigenvalue weighted by molar-refractivity contribution is 6.00. The van der Waals surface area contributed by atoms with E-state index in [2.05, 4.69) is 15.3 Å². The molecule has 0 saturated heterocycles. The Morgan fingerprint density at radius 3 is 2.55 bits per heavy atom. The lowest BCUT2D eigenvalue weighted by Crippen LogP contribution is -2.31. The summed E-state index contributed by atoms with van der Waals surface area (Å²) in [5, 5.41) is 2.80. The average molecular weight is 420 g/mol. The standard InChI is InChI=1S/C24H25FN4O2/c1-15(2)24(31)29(4)20-11-17(21-6-5-16(3)9-22(21)25)10-18(12-20)23(30)28-14-19-13-26-7-8-27-19/h5-13,15H,14H2,1-4H3,(H,28,30). The van der Waals surface area contributed by atoms with Gasteiger partial charge in [0.25, 0.3) is 5.91 Å². The molecule has 6 nitrogen and oxygen atoms in total. The maximum absolute atomic E-state index is 14.7. The van der Waals surface area contributed by atoms with Crippen molar-refractivity contribution in [3.63, 3.8) is 0 Å². The van der Waals surface area contributed by atoms with Gasteiger partial charge in [-0.3, -0.25) is 19.6 Å². The van der Waals surface area contributed by atoms with Crippen molar-refractivity contribution in [2.45, 2.75) is 27.3 Å². The molecule has 0 radical (unpaired) electrons. The zero-order chi connectivity index (χ0) is 22.5. The van der Waals surface area contributed by atoms with E-state index in [1.165, 1.54) is 11.0 Å². The van der Waals surface area contributed by atoms with Gasteiger partial charge in [0.1, 0.15) is 5.82 Å². The molecule has 0 spiro atoms. The van der Waals surface area contributed by atoms with Gasteiger partial charge in [-0.05, 0) is 42.3 Å². The van der Waals surface area contributed by atoms with E-state index in [0.29, 0.717) is 28.1 Å². The van der Waals surface area contributed by atoms with Gasteiger partial charge in [-0.15, -0.1) is 0 Å². The summed E-state index contributed by atoms with van der Waals surface area (Å²) in [6.07, 6.45) is 4.67. The first kappa shape index (κ1) is 22.1. The molecule has 1 heterocycles. The minimum absolute atomic E-state index is 0.104. The van der Waals surface area contributed by atoms with Gasteiger partial charge < -0.3 is 10.2 Å². The van der Waals surface area contributed by atoms with Gasteiger partial charge >= 0.3 is 0 Å². The Bertz CT molecular complexity index is 1100. The number of carbonyl (C=O) groups is 2. The van der Waals surface area contributed by atoms with Crippen LogP contribution in [0.25, 0.3) is 11.1 Å². The van der Waals surface area contributed by atoms with E-state index in [4.69, 9.17) is 0 Å². The quantitative estimate of drug-likeness (QED) is 0.650. The molecule has 0 fully saturated rings. The molecule has 0 unspecified atom stereocenters. The maximum atomic E-state index is 14.7. The van der Waals surface area contributed by atoms with E-state index < -0.39 is 0 Å². The minimum Gasteiger partial charge on any atom is -0.346 e. The van der Waals surface area contributed by atoms with Crippen molar-refractivity contribution in [3.8, 4) is 11.1 Å². The number of hydrogen-bond donors (Lipinski definition) is 1. The normalized spacial score (nSPS) is 10.8. The van der Waals surface area contributed by atoms with Crippen LogP contribution >= 0.6 is 0 Å². The summed E-state index contributed by atoms with van der Waals surface area (Å²) >= 11 is 0. The summed E-state index contributed by atoms with van der Waals surface area (Å²) < 4.78 is 14.7. The van der Waals surface area contributed by atoms with Crippen LogP contribution in [-0.4, -0.2) is 28.8 Å². The van der Waals surface area contributed by atoms with E-state index in [1.807, 2.05) is 13.0 Å². The third-order valence-electron chi connectivity index (χ3n) is 4.87. The first-order chi connectivity index (χ1) is 14.8. The average Bonchev–Trinajstić information content (AvgIpc) is 2.76. The van der Waals surface area contributed by atoms with Crippen LogP contribution < -0.4 is 10.2 Å². The summed E-state index contributed by atoms with van der Waals surface area (Å²) in [5.74, 6) is -1.07. The second kappa shape index (κ2) is 9.47. The van der Waals surface area contributed by atoms with Gasteiger partial charge in [0.05, 0.1) is 18.4 Å². The molecule has 160 valence electrons. The van der Waals surface area contributed by atoms with Crippen molar-refractivity contribution in [2.75, 3.05) is 11.9 Å². The zero-order valence-corrected chi connectivity index (χ0v) is 18.0. The fourth-order valence-corrected chi connectivity index (χ4v) is 3.15. The van der Waals surface area contributed by atoms with Crippen LogP contribution in [-0.2, 0) is 11.3 Å². The Balaban J connectivity index is 1.99. The molecule has 2 amide bonds. The summed E-state index contributed by atoms with van der Waals surface area (Å²) in [6.45, 7) is 5.61. The van der Waals surface area contributed by atoms with E-state index in [-0.39, 0.29) is 30.1 Å². The van der Waals surface area contributed by atoms with Crippen LogP contribution in [0.4, 0.5) is 10.1 Å². The van der Waals surface area contributed by atoms with E-state index >= 15 is 0 Å². The van der Waals surface area contributed by atoms with Crippen LogP contribution in [0.5, 0.6) is 0 Å². The van der Waals surface area contributed by atoms with Crippen molar-refractivity contribution < 1.29 is 14.0 Å². The number of nitrogens with one attached hydrogen (secondary N) is 1. The highest BCUT2D eigenvalue weighted by Crippen LogP contribution is 2.29. The number of hydrogen-bond acceptors (Lipinski definition) is 4. The van der Waals surface area contributed by atoms with Gasteiger partial charge in [0, 0.05) is 42.2 Å². The molecule has 0 saturated carbocycles.